The van der Waals surface area contributed by atoms with Crippen LogP contribution < -0.4 is 0 Å². The van der Waals surface area contributed by atoms with E-state index >= 15 is 0 Å². The zero-order chi connectivity index (χ0) is 22.8. The van der Waals surface area contributed by atoms with Crippen molar-refractivity contribution >= 4 is 17.8 Å². The fourth-order valence-corrected chi connectivity index (χ4v) is 5.88. The molecule has 31 heavy (non-hydrogen) atoms. The number of aliphatic carboxylic acids is 1. The van der Waals surface area contributed by atoms with Gasteiger partial charge in [0.1, 0.15) is 11.6 Å². The van der Waals surface area contributed by atoms with Crippen LogP contribution in [-0.4, -0.2) is 81.3 Å². The maximum Gasteiger partial charge on any atom is 0.310 e. The Balaban J connectivity index is 1.96. The van der Waals surface area contributed by atoms with E-state index in [9.17, 15) is 19.5 Å². The van der Waals surface area contributed by atoms with Gasteiger partial charge < -0.3 is 24.7 Å². The number of carboxylic acid groups (broad SMARTS) is 1. The molecule has 0 saturated carbocycles. The largest absolute Gasteiger partial charge is 0.481 e. The van der Waals surface area contributed by atoms with Crippen molar-refractivity contribution in [1.29, 1.82) is 0 Å². The first-order valence-electron chi connectivity index (χ1n) is 11.6. The molecular weight excluding hydrogens is 400 g/mol. The first-order chi connectivity index (χ1) is 14.8. The predicted octanol–water partition coefficient (Wildman–Crippen LogP) is 1.81. The number of carboxylic acids is 1. The molecule has 174 valence electrons. The summed E-state index contributed by atoms with van der Waals surface area (Å²) in [6.07, 6.45) is 5.99. The lowest BCUT2D eigenvalue weighted by Gasteiger charge is -2.39. The van der Waals surface area contributed by atoms with Crippen molar-refractivity contribution in [3.8, 4) is 0 Å². The molecule has 3 fully saturated rings. The van der Waals surface area contributed by atoms with E-state index in [0.29, 0.717) is 38.8 Å². The van der Waals surface area contributed by atoms with Crippen molar-refractivity contribution in [1.82, 2.24) is 9.80 Å². The molecular formula is C23H36N2O6. The van der Waals surface area contributed by atoms with Crippen molar-refractivity contribution < 1.29 is 29.3 Å². The standard InChI is InChI=1S/C23H36N2O6/c1-4-9-15(3)24(12-5-2)21(28)19-23-11-10-16(31-23)17(22(29)30)18(23)20(27)25(19)13-7-6-8-14-26/h5,15-19,26H,2,4,6-14H2,1,3H3,(H,29,30)/t15?,16-,17+,18+,19?,23?/m1/s1. The highest BCUT2D eigenvalue weighted by molar-refractivity contribution is 5.98. The van der Waals surface area contributed by atoms with Gasteiger partial charge in [-0.25, -0.2) is 0 Å². The lowest BCUT2D eigenvalue weighted by Crippen LogP contribution is -2.57. The summed E-state index contributed by atoms with van der Waals surface area (Å²) in [5, 5.41) is 18.9. The molecule has 2 N–H and O–H groups in total. The van der Waals surface area contributed by atoms with E-state index in [4.69, 9.17) is 9.84 Å². The number of amides is 2. The van der Waals surface area contributed by atoms with Crippen LogP contribution in [0.3, 0.4) is 0 Å². The number of hydrogen-bond acceptors (Lipinski definition) is 5. The van der Waals surface area contributed by atoms with E-state index in [-0.39, 0.29) is 24.5 Å². The molecule has 0 aliphatic carbocycles. The maximum absolute atomic E-state index is 13.9. The van der Waals surface area contributed by atoms with Gasteiger partial charge in [-0.15, -0.1) is 6.58 Å². The molecule has 3 aliphatic heterocycles. The molecule has 3 aliphatic rings. The molecule has 8 nitrogen and oxygen atoms in total. The first kappa shape index (κ1) is 23.7. The van der Waals surface area contributed by atoms with Crippen LogP contribution in [-0.2, 0) is 19.1 Å². The zero-order valence-electron chi connectivity index (χ0n) is 18.7. The van der Waals surface area contributed by atoms with Gasteiger partial charge in [0.2, 0.25) is 11.8 Å². The Kier molecular flexibility index (Phi) is 7.42. The molecule has 3 heterocycles. The molecule has 6 atom stereocenters. The minimum absolute atomic E-state index is 0.0221. The highest BCUT2D eigenvalue weighted by Crippen LogP contribution is 2.58. The number of carbonyl (C=O) groups excluding carboxylic acids is 2. The van der Waals surface area contributed by atoms with Crippen LogP contribution in [0.4, 0.5) is 0 Å². The van der Waals surface area contributed by atoms with E-state index in [1.165, 1.54) is 0 Å². The molecule has 8 heteroatoms. The SMILES string of the molecule is C=CCN(C(=O)C1N(CCCCCO)C(=O)[C@@H]2[C@@H](C(=O)O)[C@H]3CCC12O3)C(C)CCC. The number of carbonyl (C=O) groups is 3. The van der Waals surface area contributed by atoms with Crippen LogP contribution in [0.2, 0.25) is 0 Å². The van der Waals surface area contributed by atoms with Crippen LogP contribution in [0.15, 0.2) is 12.7 Å². The lowest BCUT2D eigenvalue weighted by molar-refractivity contribution is -0.151. The normalized spacial score (nSPS) is 32.2. The number of nitrogens with zero attached hydrogens (tertiary/aromatic N) is 2. The Labute approximate surface area is 184 Å². The predicted molar refractivity (Wildman–Crippen MR) is 114 cm³/mol. The third-order valence-corrected chi connectivity index (χ3v) is 7.22. The van der Waals surface area contributed by atoms with Gasteiger partial charge in [0.25, 0.3) is 0 Å². The van der Waals surface area contributed by atoms with Gasteiger partial charge in [0, 0.05) is 25.7 Å². The Morgan fingerprint density at radius 3 is 2.74 bits per heavy atom. The minimum Gasteiger partial charge on any atom is -0.481 e. The maximum atomic E-state index is 13.9. The van der Waals surface area contributed by atoms with Crippen molar-refractivity contribution in [2.45, 2.75) is 82.6 Å². The summed E-state index contributed by atoms with van der Waals surface area (Å²) in [7, 11) is 0. The summed E-state index contributed by atoms with van der Waals surface area (Å²) >= 11 is 0. The van der Waals surface area contributed by atoms with Gasteiger partial charge in [-0.2, -0.15) is 0 Å². The van der Waals surface area contributed by atoms with Crippen LogP contribution in [0, 0.1) is 11.8 Å². The highest BCUT2D eigenvalue weighted by Gasteiger charge is 2.74. The monoisotopic (exact) mass is 436 g/mol. The van der Waals surface area contributed by atoms with E-state index in [0.717, 1.165) is 19.3 Å². The van der Waals surface area contributed by atoms with Crippen LogP contribution in [0.25, 0.3) is 0 Å². The average molecular weight is 437 g/mol. The summed E-state index contributed by atoms with van der Waals surface area (Å²) in [4.78, 5) is 42.7. The van der Waals surface area contributed by atoms with Gasteiger partial charge in [-0.05, 0) is 45.4 Å². The molecule has 3 rings (SSSR count). The molecule has 3 saturated heterocycles. The van der Waals surface area contributed by atoms with E-state index in [1.807, 2.05) is 6.92 Å². The van der Waals surface area contributed by atoms with Crippen LogP contribution in [0.1, 0.15) is 58.8 Å². The van der Waals surface area contributed by atoms with Gasteiger partial charge in [0.05, 0.1) is 17.9 Å². The third kappa shape index (κ3) is 4.00. The molecule has 0 aromatic heterocycles. The van der Waals surface area contributed by atoms with Crippen molar-refractivity contribution in [2.75, 3.05) is 19.7 Å². The topological polar surface area (TPSA) is 107 Å². The molecule has 2 bridgehead atoms. The summed E-state index contributed by atoms with van der Waals surface area (Å²) in [6, 6.07) is -0.834. The molecule has 0 radical (unpaired) electrons. The second-order valence-electron chi connectivity index (χ2n) is 9.13. The fraction of sp³-hybridized carbons (Fsp3) is 0.783. The second kappa shape index (κ2) is 9.69. The number of likely N-dealkylation sites (tertiary alicyclic amines) is 1. The summed E-state index contributed by atoms with van der Waals surface area (Å²) in [6.45, 7) is 8.66. The number of rotatable bonds is 12. The van der Waals surface area contributed by atoms with Gasteiger partial charge >= 0.3 is 5.97 Å². The average Bonchev–Trinajstić information content (AvgIpc) is 3.36. The first-order valence-corrected chi connectivity index (χ1v) is 11.6. The fourth-order valence-electron chi connectivity index (χ4n) is 5.88. The van der Waals surface area contributed by atoms with Crippen molar-refractivity contribution in [3.05, 3.63) is 12.7 Å². The van der Waals surface area contributed by atoms with Crippen LogP contribution >= 0.6 is 0 Å². The Morgan fingerprint density at radius 1 is 1.39 bits per heavy atom. The van der Waals surface area contributed by atoms with Crippen molar-refractivity contribution in [2.24, 2.45) is 11.8 Å². The van der Waals surface area contributed by atoms with Gasteiger partial charge in [-0.1, -0.05) is 19.4 Å². The number of hydrogen-bond donors (Lipinski definition) is 2. The Bertz CT molecular complexity index is 712. The third-order valence-electron chi connectivity index (χ3n) is 7.22. The highest BCUT2D eigenvalue weighted by atomic mass is 16.5. The quantitative estimate of drug-likeness (QED) is 0.357. The van der Waals surface area contributed by atoms with Gasteiger partial charge in [0.15, 0.2) is 0 Å². The summed E-state index contributed by atoms with van der Waals surface area (Å²) < 4.78 is 6.23. The van der Waals surface area contributed by atoms with Crippen molar-refractivity contribution in [3.63, 3.8) is 0 Å². The van der Waals surface area contributed by atoms with E-state index in [2.05, 4.69) is 13.5 Å². The minimum atomic E-state index is -1.07. The molecule has 1 spiro atoms. The van der Waals surface area contributed by atoms with E-state index < -0.39 is 35.6 Å². The molecule has 0 aromatic rings. The number of unbranched alkanes of at least 4 members (excludes halogenated alkanes) is 2. The number of aliphatic hydroxyl groups is 1. The Morgan fingerprint density at radius 2 is 2.13 bits per heavy atom. The number of aliphatic hydroxyl groups excluding tert-OH is 1. The molecule has 2 amide bonds. The molecule has 3 unspecified atom stereocenters. The zero-order valence-corrected chi connectivity index (χ0v) is 18.7. The molecule has 0 aromatic carbocycles. The number of ether oxygens (including phenoxy) is 1. The smallest absolute Gasteiger partial charge is 0.310 e. The lowest BCUT2D eigenvalue weighted by atomic mass is 9.70. The Hall–Kier alpha value is -1.93. The second-order valence-corrected chi connectivity index (χ2v) is 9.13. The number of fused-ring (bicyclic) bond motifs is 1. The van der Waals surface area contributed by atoms with Crippen LogP contribution in [0.5, 0.6) is 0 Å². The van der Waals surface area contributed by atoms with E-state index in [1.54, 1.807) is 15.9 Å². The van der Waals surface area contributed by atoms with Gasteiger partial charge in [-0.3, -0.25) is 14.4 Å². The summed E-state index contributed by atoms with van der Waals surface area (Å²) in [5.41, 5.74) is -1.07. The summed E-state index contributed by atoms with van der Waals surface area (Å²) in [5.74, 6) is -3.20.